The van der Waals surface area contributed by atoms with E-state index in [1.807, 2.05) is 44.2 Å². The van der Waals surface area contributed by atoms with Crippen molar-refractivity contribution in [3.8, 4) is 17.2 Å². The van der Waals surface area contributed by atoms with Crippen LogP contribution in [0.1, 0.15) is 51.5 Å². The Balaban J connectivity index is 2.06. The summed E-state index contributed by atoms with van der Waals surface area (Å²) in [5.74, 6) is -1.22. The Morgan fingerprint density at radius 3 is 2.29 bits per heavy atom. The van der Waals surface area contributed by atoms with Gasteiger partial charge in [0.1, 0.15) is 18.0 Å². The zero-order chi connectivity index (χ0) is 26.0. The molecular weight excluding hydrogens is 454 g/mol. The van der Waals surface area contributed by atoms with Crippen LogP contribution in [-0.2, 0) is 19.1 Å². The number of para-hydroxylation sites is 1. The van der Waals surface area contributed by atoms with E-state index in [4.69, 9.17) is 23.7 Å². The Kier molecular flexibility index (Phi) is 10.5. The quantitative estimate of drug-likeness (QED) is 0.233. The highest BCUT2D eigenvalue weighted by Crippen LogP contribution is 2.31. The summed E-state index contributed by atoms with van der Waals surface area (Å²) in [5.41, 5.74) is -0.0309. The van der Waals surface area contributed by atoms with Gasteiger partial charge in [-0.3, -0.25) is 14.4 Å². The number of aromatic nitrogens is 1. The number of ether oxygens (including phenoxy) is 5. The highest BCUT2D eigenvalue weighted by atomic mass is 16.7. The van der Waals surface area contributed by atoms with E-state index in [1.165, 1.54) is 26.3 Å². The molecule has 2 rings (SSSR count). The van der Waals surface area contributed by atoms with Crippen LogP contribution in [0.5, 0.6) is 17.2 Å². The second-order valence-corrected chi connectivity index (χ2v) is 8.40. The van der Waals surface area contributed by atoms with E-state index in [9.17, 15) is 14.4 Å². The summed E-state index contributed by atoms with van der Waals surface area (Å²) in [5, 5.41) is 0. The van der Waals surface area contributed by atoms with Gasteiger partial charge in [0.2, 0.25) is 6.79 Å². The van der Waals surface area contributed by atoms with E-state index in [-0.39, 0.29) is 35.6 Å². The maximum Gasteiger partial charge on any atom is 0.309 e. The molecule has 1 heterocycles. The van der Waals surface area contributed by atoms with Gasteiger partial charge in [-0.25, -0.2) is 4.98 Å². The van der Waals surface area contributed by atoms with E-state index < -0.39 is 36.5 Å². The monoisotopic (exact) mass is 487 g/mol. The summed E-state index contributed by atoms with van der Waals surface area (Å²) in [4.78, 5) is 40.9. The Bertz CT molecular complexity index is 992. The number of Topliss-reactive ketones (excluding diaryl/α,β-unsaturated/α-hetero) is 1. The van der Waals surface area contributed by atoms with Crippen LogP contribution >= 0.6 is 0 Å². The van der Waals surface area contributed by atoms with E-state index in [1.54, 1.807) is 13.8 Å². The first-order chi connectivity index (χ1) is 16.6. The van der Waals surface area contributed by atoms with Gasteiger partial charge in [0, 0.05) is 25.6 Å². The lowest BCUT2D eigenvalue weighted by Gasteiger charge is -2.29. The van der Waals surface area contributed by atoms with Crippen molar-refractivity contribution in [3.05, 3.63) is 48.3 Å². The normalized spacial score (nSPS) is 13.3. The number of methoxy groups -OCH3 is 1. The van der Waals surface area contributed by atoms with Gasteiger partial charge < -0.3 is 23.7 Å². The summed E-state index contributed by atoms with van der Waals surface area (Å²) < 4.78 is 27.2. The molecule has 0 radical (unpaired) electrons. The van der Waals surface area contributed by atoms with Crippen molar-refractivity contribution in [1.82, 2.24) is 4.98 Å². The van der Waals surface area contributed by atoms with Crippen molar-refractivity contribution in [2.24, 2.45) is 11.8 Å². The zero-order valence-electron chi connectivity index (χ0n) is 21.0. The number of ketones is 1. The van der Waals surface area contributed by atoms with Crippen LogP contribution in [0.15, 0.2) is 42.6 Å². The van der Waals surface area contributed by atoms with Crippen molar-refractivity contribution in [2.45, 2.75) is 53.2 Å². The molecule has 0 aliphatic carbocycles. The molecule has 0 aliphatic heterocycles. The van der Waals surface area contributed by atoms with Gasteiger partial charge in [0.15, 0.2) is 23.0 Å². The predicted molar refractivity (Wildman–Crippen MR) is 127 cm³/mol. The van der Waals surface area contributed by atoms with E-state index in [2.05, 4.69) is 4.98 Å². The molecule has 9 nitrogen and oxygen atoms in total. The minimum Gasteiger partial charge on any atom is -0.493 e. The van der Waals surface area contributed by atoms with E-state index >= 15 is 0 Å². The molecule has 3 atom stereocenters. The number of pyridine rings is 1. The van der Waals surface area contributed by atoms with Gasteiger partial charge in [-0.05, 0) is 25.0 Å². The number of esters is 2. The van der Waals surface area contributed by atoms with Crippen LogP contribution in [0.2, 0.25) is 0 Å². The minimum absolute atomic E-state index is 0.0309. The number of rotatable bonds is 13. The third-order valence-corrected chi connectivity index (χ3v) is 5.15. The molecule has 1 aromatic heterocycles. The number of carbonyl (C=O) groups excluding carboxylic acids is 3. The van der Waals surface area contributed by atoms with Crippen molar-refractivity contribution >= 4 is 17.7 Å². The molecule has 35 heavy (non-hydrogen) atoms. The molecule has 190 valence electrons. The summed E-state index contributed by atoms with van der Waals surface area (Å²) in [6, 6.07) is 10.8. The van der Waals surface area contributed by atoms with Crippen LogP contribution in [0.25, 0.3) is 0 Å². The second-order valence-electron chi connectivity index (χ2n) is 8.40. The maximum absolute atomic E-state index is 13.0. The molecule has 0 N–H and O–H groups in total. The number of nitrogens with zero attached hydrogens (tertiary/aromatic N) is 1. The fourth-order valence-electron chi connectivity index (χ4n) is 3.36. The highest BCUT2D eigenvalue weighted by Gasteiger charge is 2.30. The van der Waals surface area contributed by atoms with E-state index in [0.717, 1.165) is 0 Å². The highest BCUT2D eigenvalue weighted by molar-refractivity contribution is 5.99. The predicted octanol–water partition coefficient (Wildman–Crippen LogP) is 4.23. The average Bonchev–Trinajstić information content (AvgIpc) is 2.82. The van der Waals surface area contributed by atoms with Gasteiger partial charge in [-0.2, -0.15) is 0 Å². The topological polar surface area (TPSA) is 110 Å². The van der Waals surface area contributed by atoms with Gasteiger partial charge in [-0.15, -0.1) is 0 Å². The fourth-order valence-corrected chi connectivity index (χ4v) is 3.36. The molecule has 2 aromatic rings. The van der Waals surface area contributed by atoms with E-state index in [0.29, 0.717) is 5.75 Å². The lowest BCUT2D eigenvalue weighted by molar-refractivity contribution is -0.158. The molecule has 0 fully saturated rings. The standard InChI is InChI=1S/C26H33NO8/c1-16(2)24(35-20-10-8-7-9-11-20)18(4)34-26(30)17(3)14-21(29)23-25(33-15-32-19(5)28)22(31-6)12-13-27-23/h7-13,16-18,24H,14-15H2,1-6H3/t17-,18+,24+/m1/s1. The molecule has 0 spiro atoms. The first-order valence-corrected chi connectivity index (χ1v) is 11.4. The molecule has 0 amide bonds. The Morgan fingerprint density at radius 2 is 1.69 bits per heavy atom. The second kappa shape index (κ2) is 13.3. The van der Waals surface area contributed by atoms with Gasteiger partial charge in [0.25, 0.3) is 0 Å². The first-order valence-electron chi connectivity index (χ1n) is 11.4. The number of benzene rings is 1. The van der Waals surface area contributed by atoms with Crippen LogP contribution in [0.4, 0.5) is 0 Å². The Morgan fingerprint density at radius 1 is 1.00 bits per heavy atom. The largest absolute Gasteiger partial charge is 0.493 e. The van der Waals surface area contributed by atoms with Gasteiger partial charge in [-0.1, -0.05) is 39.0 Å². The van der Waals surface area contributed by atoms with Crippen molar-refractivity contribution in [3.63, 3.8) is 0 Å². The number of carbonyl (C=O) groups is 3. The molecule has 1 aromatic carbocycles. The molecule has 0 saturated carbocycles. The third-order valence-electron chi connectivity index (χ3n) is 5.15. The molecule has 0 aliphatic rings. The third kappa shape index (κ3) is 8.27. The van der Waals surface area contributed by atoms with Crippen molar-refractivity contribution < 1.29 is 38.1 Å². The summed E-state index contributed by atoms with van der Waals surface area (Å²) in [6.07, 6.45) is 0.314. The molecule has 9 heteroatoms. The van der Waals surface area contributed by atoms with Crippen molar-refractivity contribution in [2.75, 3.05) is 13.9 Å². The first kappa shape index (κ1) is 27.6. The fraction of sp³-hybridized carbons (Fsp3) is 0.462. The molecule has 0 bridgehead atoms. The SMILES string of the molecule is COc1ccnc(C(=O)C[C@@H](C)C(=O)O[C@@H](C)[C@@H](Oc2ccccc2)C(C)C)c1OCOC(C)=O. The Labute approximate surface area is 205 Å². The molecule has 0 unspecified atom stereocenters. The summed E-state index contributed by atoms with van der Waals surface area (Å²) in [6.45, 7) is 8.16. The summed E-state index contributed by atoms with van der Waals surface area (Å²) >= 11 is 0. The van der Waals surface area contributed by atoms with Crippen LogP contribution in [0.3, 0.4) is 0 Å². The summed E-state index contributed by atoms with van der Waals surface area (Å²) in [7, 11) is 1.41. The maximum atomic E-state index is 13.0. The van der Waals surface area contributed by atoms with Crippen molar-refractivity contribution in [1.29, 1.82) is 0 Å². The zero-order valence-corrected chi connectivity index (χ0v) is 21.0. The van der Waals surface area contributed by atoms with Gasteiger partial charge in [0.05, 0.1) is 13.0 Å². The lowest BCUT2D eigenvalue weighted by atomic mass is 10.0. The number of hydrogen-bond donors (Lipinski definition) is 0. The van der Waals surface area contributed by atoms with Crippen LogP contribution < -0.4 is 14.2 Å². The smallest absolute Gasteiger partial charge is 0.309 e. The molecular formula is C26H33NO8. The van der Waals surface area contributed by atoms with Gasteiger partial charge >= 0.3 is 11.9 Å². The minimum atomic E-state index is -0.746. The van der Waals surface area contributed by atoms with Crippen LogP contribution in [-0.4, -0.2) is 48.8 Å². The average molecular weight is 488 g/mol. The Hall–Kier alpha value is -3.62. The number of hydrogen-bond acceptors (Lipinski definition) is 9. The lowest BCUT2D eigenvalue weighted by Crippen LogP contribution is -2.38. The van der Waals surface area contributed by atoms with Crippen LogP contribution in [0, 0.1) is 11.8 Å². The molecule has 0 saturated heterocycles.